The van der Waals surface area contributed by atoms with Crippen molar-refractivity contribution in [2.24, 2.45) is 0 Å². The third-order valence-corrected chi connectivity index (χ3v) is 4.14. The predicted molar refractivity (Wildman–Crippen MR) is 80.6 cm³/mol. The van der Waals surface area contributed by atoms with E-state index in [0.29, 0.717) is 5.56 Å². The molecular weight excluding hydrogens is 342 g/mol. The summed E-state index contributed by atoms with van der Waals surface area (Å²) < 4.78 is 58.2. The van der Waals surface area contributed by atoms with E-state index in [2.05, 4.69) is 4.98 Å². The molecule has 8 heteroatoms. The third-order valence-electron chi connectivity index (χ3n) is 4.14. The molecule has 1 aliphatic heterocycles. The summed E-state index contributed by atoms with van der Waals surface area (Å²) in [6.45, 7) is -0.0762. The first kappa shape index (κ1) is 17.6. The van der Waals surface area contributed by atoms with E-state index in [1.807, 2.05) is 0 Å². The fourth-order valence-corrected chi connectivity index (χ4v) is 2.65. The molecule has 0 spiro atoms. The van der Waals surface area contributed by atoms with Gasteiger partial charge in [0.1, 0.15) is 35.4 Å². The molecule has 134 valence electrons. The lowest BCUT2D eigenvalue weighted by atomic mass is 9.93. The second-order valence-corrected chi connectivity index (χ2v) is 6.12. The van der Waals surface area contributed by atoms with Gasteiger partial charge in [-0.25, -0.2) is 9.37 Å². The Kier molecular flexibility index (Phi) is 4.20. The van der Waals surface area contributed by atoms with Gasteiger partial charge in [0.05, 0.1) is 12.3 Å². The molecule has 1 aliphatic rings. The van der Waals surface area contributed by atoms with Gasteiger partial charge in [-0.15, -0.1) is 0 Å². The van der Waals surface area contributed by atoms with E-state index in [9.17, 15) is 27.8 Å². The smallest absolute Gasteiger partial charge is 0.399 e. The van der Waals surface area contributed by atoms with Crippen LogP contribution in [0.4, 0.5) is 17.6 Å². The van der Waals surface area contributed by atoms with Gasteiger partial charge in [-0.2, -0.15) is 13.2 Å². The minimum Gasteiger partial charge on any atom is -0.490 e. The molecule has 1 aromatic heterocycles. The molecule has 25 heavy (non-hydrogen) atoms. The maximum Gasteiger partial charge on any atom is 0.399 e. The zero-order chi connectivity index (χ0) is 18.4. The summed E-state index contributed by atoms with van der Waals surface area (Å²) in [4.78, 5) is 4.18. The second-order valence-electron chi connectivity index (χ2n) is 6.12. The van der Waals surface area contributed by atoms with Crippen LogP contribution in [-0.4, -0.2) is 34.6 Å². The maximum atomic E-state index is 13.3. The molecule has 0 unspecified atom stereocenters. The fraction of sp³-hybridized carbons (Fsp3) is 0.353. The number of aromatic nitrogens is 1. The zero-order valence-corrected chi connectivity index (χ0v) is 13.1. The van der Waals surface area contributed by atoms with Gasteiger partial charge in [0, 0.05) is 11.1 Å². The van der Waals surface area contributed by atoms with Crippen LogP contribution in [0, 0.1) is 5.82 Å². The van der Waals surface area contributed by atoms with Crippen LogP contribution >= 0.6 is 0 Å². The monoisotopic (exact) mass is 357 g/mol. The number of hydrogen-bond donors (Lipinski definition) is 2. The van der Waals surface area contributed by atoms with E-state index in [1.54, 1.807) is 0 Å². The predicted octanol–water partition coefficient (Wildman–Crippen LogP) is 3.13. The molecule has 0 bridgehead atoms. The van der Waals surface area contributed by atoms with Gasteiger partial charge in [-0.1, -0.05) is 0 Å². The van der Waals surface area contributed by atoms with Gasteiger partial charge in [0.15, 0.2) is 0 Å². The van der Waals surface area contributed by atoms with Crippen LogP contribution in [0.1, 0.15) is 24.1 Å². The SMILES string of the molecule is C[C@](O)(CO)c1cc2c(c(-c3ccc(F)cc3)n1)OC[C@H]2C(F)(F)F. The number of alkyl halides is 3. The van der Waals surface area contributed by atoms with Crippen LogP contribution in [0.2, 0.25) is 0 Å². The summed E-state index contributed by atoms with van der Waals surface area (Å²) in [5.74, 6) is -2.42. The fourth-order valence-electron chi connectivity index (χ4n) is 2.65. The zero-order valence-electron chi connectivity index (χ0n) is 13.1. The number of aliphatic hydroxyl groups is 2. The number of aliphatic hydroxyl groups excluding tert-OH is 1. The molecule has 0 radical (unpaired) electrons. The van der Waals surface area contributed by atoms with Gasteiger partial charge >= 0.3 is 6.18 Å². The van der Waals surface area contributed by atoms with E-state index in [0.717, 1.165) is 18.2 Å². The molecule has 1 aromatic carbocycles. The summed E-state index contributed by atoms with van der Waals surface area (Å²) in [6, 6.07) is 6.12. The number of benzene rings is 1. The molecular formula is C17H15F4NO3. The highest BCUT2D eigenvalue weighted by Crippen LogP contribution is 2.48. The van der Waals surface area contributed by atoms with E-state index in [4.69, 9.17) is 4.74 Å². The molecule has 2 aromatic rings. The standard InChI is InChI=1S/C17H15F4NO3/c1-16(24,8-23)13-6-11-12(17(19,20)21)7-25-15(11)14(22-13)9-2-4-10(18)5-3-9/h2-6,12,23-24H,7-8H2,1H3/t12-,16+/m1/s1. The van der Waals surface area contributed by atoms with Gasteiger partial charge in [0.25, 0.3) is 0 Å². The minimum absolute atomic E-state index is 0.0496. The molecule has 0 saturated carbocycles. The molecule has 2 heterocycles. The molecule has 0 saturated heterocycles. The van der Waals surface area contributed by atoms with Crippen molar-refractivity contribution in [1.82, 2.24) is 4.98 Å². The van der Waals surface area contributed by atoms with Gasteiger partial charge < -0.3 is 14.9 Å². The number of nitrogens with zero attached hydrogens (tertiary/aromatic N) is 1. The number of rotatable bonds is 3. The quantitative estimate of drug-likeness (QED) is 0.829. The largest absolute Gasteiger partial charge is 0.490 e. The van der Waals surface area contributed by atoms with E-state index in [-0.39, 0.29) is 22.7 Å². The van der Waals surface area contributed by atoms with Crippen LogP contribution in [0.25, 0.3) is 11.3 Å². The van der Waals surface area contributed by atoms with Gasteiger partial charge in [0.2, 0.25) is 0 Å². The number of pyridine rings is 1. The van der Waals surface area contributed by atoms with Crippen molar-refractivity contribution in [2.45, 2.75) is 24.6 Å². The van der Waals surface area contributed by atoms with E-state index >= 15 is 0 Å². The molecule has 0 amide bonds. The molecule has 4 nitrogen and oxygen atoms in total. The number of halogens is 4. The Balaban J connectivity index is 2.23. The van der Waals surface area contributed by atoms with E-state index in [1.165, 1.54) is 19.1 Å². The minimum atomic E-state index is -4.53. The van der Waals surface area contributed by atoms with Crippen molar-refractivity contribution in [3.63, 3.8) is 0 Å². The van der Waals surface area contributed by atoms with Crippen LogP contribution in [0.3, 0.4) is 0 Å². The average Bonchev–Trinajstić information content (AvgIpc) is 2.99. The summed E-state index contributed by atoms with van der Waals surface area (Å²) in [5.41, 5.74) is -1.70. The Morgan fingerprint density at radius 3 is 2.44 bits per heavy atom. The van der Waals surface area contributed by atoms with Crippen molar-refractivity contribution in [3.05, 3.63) is 47.4 Å². The lowest BCUT2D eigenvalue weighted by molar-refractivity contribution is -0.151. The van der Waals surface area contributed by atoms with Gasteiger partial charge in [-0.3, -0.25) is 0 Å². The number of ether oxygens (including phenoxy) is 1. The number of fused-ring (bicyclic) bond motifs is 1. The van der Waals surface area contributed by atoms with Crippen LogP contribution < -0.4 is 4.74 Å². The van der Waals surface area contributed by atoms with Crippen LogP contribution in [-0.2, 0) is 5.60 Å². The topological polar surface area (TPSA) is 62.6 Å². The molecule has 2 atom stereocenters. The summed E-state index contributed by atoms with van der Waals surface area (Å²) in [5, 5.41) is 19.6. The van der Waals surface area contributed by atoms with Crippen molar-refractivity contribution >= 4 is 0 Å². The molecule has 0 fully saturated rings. The lowest BCUT2D eigenvalue weighted by Gasteiger charge is -2.22. The lowest BCUT2D eigenvalue weighted by Crippen LogP contribution is -2.28. The Hall–Kier alpha value is -2.19. The summed E-state index contributed by atoms with van der Waals surface area (Å²) >= 11 is 0. The highest BCUT2D eigenvalue weighted by atomic mass is 19.4. The highest BCUT2D eigenvalue weighted by molar-refractivity contribution is 5.70. The average molecular weight is 357 g/mol. The van der Waals surface area contributed by atoms with Crippen LogP contribution in [0.15, 0.2) is 30.3 Å². The highest BCUT2D eigenvalue weighted by Gasteiger charge is 2.47. The Labute approximate surface area is 140 Å². The van der Waals surface area contributed by atoms with Crippen molar-refractivity contribution in [2.75, 3.05) is 13.2 Å². The summed E-state index contributed by atoms with van der Waals surface area (Å²) in [7, 11) is 0. The Morgan fingerprint density at radius 1 is 1.24 bits per heavy atom. The van der Waals surface area contributed by atoms with Gasteiger partial charge in [-0.05, 0) is 37.3 Å². The molecule has 0 aliphatic carbocycles. The molecule has 3 rings (SSSR count). The van der Waals surface area contributed by atoms with Crippen LogP contribution in [0.5, 0.6) is 5.75 Å². The normalized spacial score (nSPS) is 19.2. The Bertz CT molecular complexity index is 788. The van der Waals surface area contributed by atoms with Crippen molar-refractivity contribution < 1.29 is 32.5 Å². The third kappa shape index (κ3) is 3.19. The first-order valence-electron chi connectivity index (χ1n) is 7.47. The number of hydrogen-bond acceptors (Lipinski definition) is 4. The first-order chi connectivity index (χ1) is 11.6. The van der Waals surface area contributed by atoms with E-state index < -0.39 is 36.7 Å². The van der Waals surface area contributed by atoms with Crippen molar-refractivity contribution in [1.29, 1.82) is 0 Å². The molecule has 2 N–H and O–H groups in total. The second kappa shape index (κ2) is 5.96. The Morgan fingerprint density at radius 2 is 1.88 bits per heavy atom. The first-order valence-corrected chi connectivity index (χ1v) is 7.47. The van der Waals surface area contributed by atoms with Crippen molar-refractivity contribution in [3.8, 4) is 17.0 Å². The summed E-state index contributed by atoms with van der Waals surface area (Å²) in [6.07, 6.45) is -4.53. The maximum absolute atomic E-state index is 13.3.